The first-order valence-corrected chi connectivity index (χ1v) is 8.86. The molecule has 1 aliphatic rings. The Balaban J connectivity index is 1.99. The summed E-state index contributed by atoms with van der Waals surface area (Å²) >= 11 is 5.91. The summed E-state index contributed by atoms with van der Waals surface area (Å²) in [7, 11) is 0. The largest absolute Gasteiger partial charge is 0.324 e. The van der Waals surface area contributed by atoms with E-state index in [0.717, 1.165) is 17.5 Å². The molecule has 136 valence electrons. The molecule has 1 fully saturated rings. The number of likely N-dealkylation sites (tertiary alicyclic amines) is 1. The van der Waals surface area contributed by atoms with Crippen LogP contribution in [0.2, 0.25) is 5.02 Å². The molecule has 3 rings (SSSR count). The number of carbonyl (C=O) groups excluding carboxylic acids is 2. The van der Waals surface area contributed by atoms with Crippen molar-refractivity contribution in [2.24, 2.45) is 0 Å². The fraction of sp³-hybridized carbons (Fsp3) is 0.300. The van der Waals surface area contributed by atoms with Crippen LogP contribution in [0.15, 0.2) is 36.4 Å². The molecule has 1 aliphatic heterocycles. The molecule has 2 amide bonds. The fourth-order valence-corrected chi connectivity index (χ4v) is 3.37. The number of rotatable bonds is 4. The lowest BCUT2D eigenvalue weighted by Crippen LogP contribution is -2.42. The fourth-order valence-electron chi connectivity index (χ4n) is 3.19. The summed E-state index contributed by atoms with van der Waals surface area (Å²) < 4.78 is 13.6. The zero-order valence-corrected chi connectivity index (χ0v) is 15.5. The maximum Gasteiger partial charge on any atom is 0.259 e. The summed E-state index contributed by atoms with van der Waals surface area (Å²) in [6.45, 7) is 4.57. The highest BCUT2D eigenvalue weighted by atomic mass is 35.5. The molecule has 1 heterocycles. The maximum atomic E-state index is 13.6. The molecule has 0 aliphatic carbocycles. The SMILES string of the molecule is Cc1cc(C)cc(C(=O)N(CN2CCCC2=O)c2ccc(F)c(Cl)c2)c1. The van der Waals surface area contributed by atoms with Gasteiger partial charge in [0.05, 0.1) is 5.02 Å². The molecule has 2 aromatic carbocycles. The molecule has 0 spiro atoms. The standard InChI is InChI=1S/C20H20ClFN2O2/c1-13-8-14(2)10-15(9-13)20(26)24(12-23-7-3-4-19(23)25)16-5-6-18(22)17(21)11-16/h5-6,8-11H,3-4,7,12H2,1-2H3. The van der Waals surface area contributed by atoms with E-state index in [1.807, 2.05) is 19.9 Å². The van der Waals surface area contributed by atoms with Crippen molar-refractivity contribution in [1.29, 1.82) is 0 Å². The monoisotopic (exact) mass is 374 g/mol. The molecule has 0 N–H and O–H groups in total. The van der Waals surface area contributed by atoms with Gasteiger partial charge in [-0.1, -0.05) is 28.8 Å². The summed E-state index contributed by atoms with van der Waals surface area (Å²) in [6.07, 6.45) is 1.25. The Hall–Kier alpha value is -2.40. The van der Waals surface area contributed by atoms with E-state index < -0.39 is 5.82 Å². The molecular formula is C20H20ClFN2O2. The van der Waals surface area contributed by atoms with Gasteiger partial charge in [-0.15, -0.1) is 0 Å². The van der Waals surface area contributed by atoms with Crippen LogP contribution in [0.1, 0.15) is 34.3 Å². The zero-order chi connectivity index (χ0) is 18.8. The molecule has 0 atom stereocenters. The van der Waals surface area contributed by atoms with Gasteiger partial charge >= 0.3 is 0 Å². The van der Waals surface area contributed by atoms with E-state index in [9.17, 15) is 14.0 Å². The van der Waals surface area contributed by atoms with Crippen LogP contribution >= 0.6 is 11.6 Å². The predicted molar refractivity (Wildman–Crippen MR) is 99.9 cm³/mol. The van der Waals surface area contributed by atoms with Crippen molar-refractivity contribution in [3.05, 3.63) is 63.9 Å². The van der Waals surface area contributed by atoms with Crippen molar-refractivity contribution in [2.75, 3.05) is 18.1 Å². The Labute approximate surface area is 157 Å². The topological polar surface area (TPSA) is 40.6 Å². The lowest BCUT2D eigenvalue weighted by atomic mass is 10.1. The van der Waals surface area contributed by atoms with E-state index in [1.165, 1.54) is 23.1 Å². The highest BCUT2D eigenvalue weighted by molar-refractivity contribution is 6.31. The Bertz CT molecular complexity index is 849. The molecule has 0 saturated carbocycles. The van der Waals surface area contributed by atoms with Crippen LogP contribution < -0.4 is 4.90 Å². The second-order valence-electron chi connectivity index (χ2n) is 6.61. The van der Waals surface area contributed by atoms with Crippen molar-refractivity contribution < 1.29 is 14.0 Å². The Morgan fingerprint density at radius 1 is 1.19 bits per heavy atom. The number of hydrogen-bond acceptors (Lipinski definition) is 2. The van der Waals surface area contributed by atoms with Crippen LogP contribution in [-0.4, -0.2) is 29.9 Å². The molecule has 0 aromatic heterocycles. The summed E-state index contributed by atoms with van der Waals surface area (Å²) in [5, 5.41) is -0.0616. The van der Waals surface area contributed by atoms with Gasteiger partial charge in [0.15, 0.2) is 0 Å². The Morgan fingerprint density at radius 3 is 2.46 bits per heavy atom. The van der Waals surface area contributed by atoms with E-state index in [2.05, 4.69) is 0 Å². The van der Waals surface area contributed by atoms with E-state index in [0.29, 0.717) is 24.2 Å². The van der Waals surface area contributed by atoms with Crippen LogP contribution in [0.4, 0.5) is 10.1 Å². The average Bonchev–Trinajstić information content (AvgIpc) is 2.99. The van der Waals surface area contributed by atoms with Gasteiger partial charge in [-0.25, -0.2) is 4.39 Å². The number of hydrogen-bond donors (Lipinski definition) is 0. The summed E-state index contributed by atoms with van der Waals surface area (Å²) in [5.74, 6) is -0.790. The lowest BCUT2D eigenvalue weighted by molar-refractivity contribution is -0.127. The zero-order valence-electron chi connectivity index (χ0n) is 14.8. The summed E-state index contributed by atoms with van der Waals surface area (Å²) in [6, 6.07) is 9.74. The van der Waals surface area contributed by atoms with Crippen LogP contribution in [0, 0.1) is 19.7 Å². The van der Waals surface area contributed by atoms with Crippen molar-refractivity contribution >= 4 is 29.1 Å². The number of halogens is 2. The van der Waals surface area contributed by atoms with E-state index in [1.54, 1.807) is 17.0 Å². The smallest absolute Gasteiger partial charge is 0.259 e. The number of amides is 2. The first-order valence-electron chi connectivity index (χ1n) is 8.48. The van der Waals surface area contributed by atoms with Crippen LogP contribution in [0.3, 0.4) is 0 Å². The highest BCUT2D eigenvalue weighted by Gasteiger charge is 2.27. The van der Waals surface area contributed by atoms with Gasteiger partial charge in [0.2, 0.25) is 5.91 Å². The first kappa shape index (κ1) is 18.4. The lowest BCUT2D eigenvalue weighted by Gasteiger charge is -2.28. The number of carbonyl (C=O) groups is 2. The van der Waals surface area contributed by atoms with Gasteiger partial charge in [0.25, 0.3) is 5.91 Å². The normalized spacial score (nSPS) is 14.0. The van der Waals surface area contributed by atoms with Crippen molar-refractivity contribution in [2.45, 2.75) is 26.7 Å². The highest BCUT2D eigenvalue weighted by Crippen LogP contribution is 2.26. The quantitative estimate of drug-likeness (QED) is 0.799. The minimum absolute atomic E-state index is 0.0106. The van der Waals surface area contributed by atoms with E-state index in [4.69, 9.17) is 11.6 Å². The molecule has 4 nitrogen and oxygen atoms in total. The molecule has 1 saturated heterocycles. The maximum absolute atomic E-state index is 13.6. The van der Waals surface area contributed by atoms with Gasteiger partial charge in [0, 0.05) is 24.2 Å². The third kappa shape index (κ3) is 3.88. The molecule has 2 aromatic rings. The van der Waals surface area contributed by atoms with Gasteiger partial charge in [-0.3, -0.25) is 14.5 Å². The molecule has 0 unspecified atom stereocenters. The number of aryl methyl sites for hydroxylation is 2. The summed E-state index contributed by atoms with van der Waals surface area (Å²) in [4.78, 5) is 28.3. The summed E-state index contributed by atoms with van der Waals surface area (Å²) in [5.41, 5.74) is 2.93. The van der Waals surface area contributed by atoms with E-state index in [-0.39, 0.29) is 23.5 Å². The molecule has 0 radical (unpaired) electrons. The van der Waals surface area contributed by atoms with Gasteiger partial charge in [-0.05, 0) is 50.6 Å². The van der Waals surface area contributed by atoms with Crippen molar-refractivity contribution in [3.8, 4) is 0 Å². The van der Waals surface area contributed by atoms with Gasteiger partial charge in [-0.2, -0.15) is 0 Å². The van der Waals surface area contributed by atoms with Crippen LogP contribution in [-0.2, 0) is 4.79 Å². The Morgan fingerprint density at radius 2 is 1.88 bits per heavy atom. The minimum atomic E-state index is -0.550. The van der Waals surface area contributed by atoms with Crippen molar-refractivity contribution in [3.63, 3.8) is 0 Å². The van der Waals surface area contributed by atoms with Crippen LogP contribution in [0.25, 0.3) is 0 Å². The molecular weight excluding hydrogens is 355 g/mol. The number of benzene rings is 2. The van der Waals surface area contributed by atoms with Crippen LogP contribution in [0.5, 0.6) is 0 Å². The second kappa shape index (κ2) is 7.46. The third-order valence-electron chi connectivity index (χ3n) is 4.41. The predicted octanol–water partition coefficient (Wildman–Crippen LogP) is 4.32. The second-order valence-corrected chi connectivity index (χ2v) is 7.02. The molecule has 26 heavy (non-hydrogen) atoms. The van der Waals surface area contributed by atoms with Gasteiger partial charge in [0.1, 0.15) is 12.5 Å². The molecule has 6 heteroatoms. The number of nitrogens with zero attached hydrogens (tertiary/aromatic N) is 2. The van der Waals surface area contributed by atoms with Gasteiger partial charge < -0.3 is 4.90 Å². The number of anilines is 1. The first-order chi connectivity index (χ1) is 12.3. The molecule has 0 bridgehead atoms. The van der Waals surface area contributed by atoms with E-state index >= 15 is 0 Å². The minimum Gasteiger partial charge on any atom is -0.324 e. The average molecular weight is 375 g/mol. The third-order valence-corrected chi connectivity index (χ3v) is 4.70. The van der Waals surface area contributed by atoms with Crippen molar-refractivity contribution in [1.82, 2.24) is 4.90 Å². The Kier molecular flexibility index (Phi) is 5.28.